The molecule has 0 fully saturated rings. The molecule has 1 N–H and O–H groups in total. The van der Waals surface area contributed by atoms with Crippen molar-refractivity contribution in [1.29, 1.82) is 0 Å². The minimum atomic E-state index is -1.67. The summed E-state index contributed by atoms with van der Waals surface area (Å²) in [6.45, 7) is 1.83. The summed E-state index contributed by atoms with van der Waals surface area (Å²) in [6.07, 6.45) is 0. The lowest BCUT2D eigenvalue weighted by Crippen LogP contribution is -2.06. The maximum absolute atomic E-state index is 13.7. The van der Waals surface area contributed by atoms with Crippen molar-refractivity contribution in [3.63, 3.8) is 0 Å². The average Bonchev–Trinajstić information content (AvgIpc) is 2.80. The van der Waals surface area contributed by atoms with Crippen LogP contribution in [0.4, 0.5) is 13.2 Å². The highest BCUT2D eigenvalue weighted by Gasteiger charge is 2.25. The molecule has 2 rings (SSSR count). The Morgan fingerprint density at radius 3 is 2.58 bits per heavy atom. The first-order valence-corrected chi connectivity index (χ1v) is 5.28. The van der Waals surface area contributed by atoms with Crippen molar-refractivity contribution in [3.05, 3.63) is 35.3 Å². The molecule has 1 heterocycles. The van der Waals surface area contributed by atoms with E-state index in [2.05, 4.69) is 10.3 Å². The Balaban J connectivity index is 2.74. The van der Waals surface area contributed by atoms with Crippen LogP contribution in [-0.2, 0) is 6.54 Å². The van der Waals surface area contributed by atoms with Crippen LogP contribution in [0.2, 0.25) is 0 Å². The van der Waals surface area contributed by atoms with Crippen LogP contribution in [0, 0.1) is 17.5 Å². The first-order valence-electron chi connectivity index (χ1n) is 5.28. The highest BCUT2D eigenvalue weighted by atomic mass is 19.2. The van der Waals surface area contributed by atoms with E-state index in [1.807, 2.05) is 0 Å². The molecular weight excluding hydrogens is 263 g/mol. The molecule has 19 heavy (non-hydrogen) atoms. The Morgan fingerprint density at radius 1 is 1.32 bits per heavy atom. The van der Waals surface area contributed by atoms with Crippen molar-refractivity contribution >= 4 is 5.97 Å². The van der Waals surface area contributed by atoms with Gasteiger partial charge in [-0.25, -0.2) is 22.6 Å². The van der Waals surface area contributed by atoms with Crippen LogP contribution >= 0.6 is 0 Å². The molecule has 0 aliphatic carbocycles. The van der Waals surface area contributed by atoms with Gasteiger partial charge in [0.1, 0.15) is 5.69 Å². The van der Waals surface area contributed by atoms with Crippen LogP contribution in [0.3, 0.4) is 0 Å². The summed E-state index contributed by atoms with van der Waals surface area (Å²) in [7, 11) is 0. The molecule has 100 valence electrons. The van der Waals surface area contributed by atoms with Crippen molar-refractivity contribution in [2.75, 3.05) is 0 Å². The van der Waals surface area contributed by atoms with E-state index in [-0.39, 0.29) is 12.2 Å². The quantitative estimate of drug-likeness (QED) is 0.868. The molecule has 0 amide bonds. The third-order valence-electron chi connectivity index (χ3n) is 2.53. The van der Waals surface area contributed by atoms with Crippen LogP contribution in [0.15, 0.2) is 12.1 Å². The lowest BCUT2D eigenvalue weighted by molar-refractivity contribution is 0.0691. The molecule has 0 radical (unpaired) electrons. The Morgan fingerprint density at radius 2 is 2.00 bits per heavy atom. The standard InChI is InChI=1S/C11H8F3N3O2/c1-2-17-10(9(11(18)19)15-16-17)5-3-4-6(12)8(14)7(5)13/h3-4H,2H2,1H3,(H,18,19). The van der Waals surface area contributed by atoms with E-state index in [9.17, 15) is 18.0 Å². The van der Waals surface area contributed by atoms with E-state index in [1.165, 1.54) is 0 Å². The molecule has 2 aromatic rings. The predicted octanol–water partition coefficient (Wildman–Crippen LogP) is 2.08. The maximum atomic E-state index is 13.7. The van der Waals surface area contributed by atoms with E-state index in [4.69, 9.17) is 5.11 Å². The van der Waals surface area contributed by atoms with Gasteiger partial charge in [-0.1, -0.05) is 5.21 Å². The first kappa shape index (κ1) is 13.1. The first-order chi connectivity index (χ1) is 8.97. The zero-order valence-corrected chi connectivity index (χ0v) is 9.69. The summed E-state index contributed by atoms with van der Waals surface area (Å²) in [5, 5.41) is 15.9. The Kier molecular flexibility index (Phi) is 3.24. The molecule has 1 aromatic heterocycles. The van der Waals surface area contributed by atoms with Crippen molar-refractivity contribution in [2.24, 2.45) is 0 Å². The molecule has 0 aliphatic heterocycles. The average molecular weight is 271 g/mol. The zero-order chi connectivity index (χ0) is 14.2. The van der Waals surface area contributed by atoms with Crippen molar-refractivity contribution in [1.82, 2.24) is 15.0 Å². The number of hydrogen-bond donors (Lipinski definition) is 1. The Hall–Kier alpha value is -2.38. The highest BCUT2D eigenvalue weighted by molar-refractivity contribution is 5.92. The summed E-state index contributed by atoms with van der Waals surface area (Å²) in [4.78, 5) is 11.0. The van der Waals surface area contributed by atoms with Crippen molar-refractivity contribution < 1.29 is 23.1 Å². The molecule has 0 unspecified atom stereocenters. The second kappa shape index (κ2) is 4.71. The number of aromatic carboxylic acids is 1. The summed E-state index contributed by atoms with van der Waals surface area (Å²) >= 11 is 0. The van der Waals surface area contributed by atoms with Gasteiger partial charge < -0.3 is 5.11 Å². The lowest BCUT2D eigenvalue weighted by Gasteiger charge is -2.07. The van der Waals surface area contributed by atoms with E-state index in [1.54, 1.807) is 6.92 Å². The minimum Gasteiger partial charge on any atom is -0.476 e. The third kappa shape index (κ3) is 2.05. The number of nitrogens with zero attached hydrogens (tertiary/aromatic N) is 3. The van der Waals surface area contributed by atoms with Crippen molar-refractivity contribution in [2.45, 2.75) is 13.5 Å². The predicted molar refractivity (Wildman–Crippen MR) is 58.0 cm³/mol. The van der Waals surface area contributed by atoms with Gasteiger partial charge in [-0.15, -0.1) is 5.10 Å². The van der Waals surface area contributed by atoms with Gasteiger partial charge >= 0.3 is 5.97 Å². The van der Waals surface area contributed by atoms with Crippen LogP contribution in [0.1, 0.15) is 17.4 Å². The van der Waals surface area contributed by atoms with Crippen molar-refractivity contribution in [3.8, 4) is 11.3 Å². The Bertz CT molecular complexity index is 655. The number of carbonyl (C=O) groups is 1. The van der Waals surface area contributed by atoms with Crippen LogP contribution in [0.25, 0.3) is 11.3 Å². The smallest absolute Gasteiger partial charge is 0.358 e. The number of aryl methyl sites for hydroxylation is 1. The fourth-order valence-corrected chi connectivity index (χ4v) is 1.65. The number of carboxylic acid groups (broad SMARTS) is 1. The monoisotopic (exact) mass is 271 g/mol. The van der Waals surface area contributed by atoms with Gasteiger partial charge in [0.2, 0.25) is 0 Å². The molecule has 0 spiro atoms. The summed E-state index contributed by atoms with van der Waals surface area (Å²) < 4.78 is 40.9. The van der Waals surface area contributed by atoms with Gasteiger partial charge in [0.25, 0.3) is 0 Å². The molecule has 0 saturated heterocycles. The molecular formula is C11H8F3N3O2. The van der Waals surface area contributed by atoms with Crippen LogP contribution in [-0.4, -0.2) is 26.1 Å². The summed E-state index contributed by atoms with van der Waals surface area (Å²) in [5.74, 6) is -5.93. The molecule has 1 aromatic carbocycles. The number of carboxylic acids is 1. The molecule has 8 heteroatoms. The van der Waals surface area contributed by atoms with Gasteiger partial charge in [-0.2, -0.15) is 0 Å². The number of rotatable bonds is 3. The highest BCUT2D eigenvalue weighted by Crippen LogP contribution is 2.27. The molecule has 0 atom stereocenters. The van der Waals surface area contributed by atoms with Gasteiger partial charge in [0.15, 0.2) is 23.1 Å². The fourth-order valence-electron chi connectivity index (χ4n) is 1.65. The van der Waals surface area contributed by atoms with Gasteiger partial charge in [0.05, 0.1) is 0 Å². The number of hydrogen-bond acceptors (Lipinski definition) is 3. The second-order valence-electron chi connectivity index (χ2n) is 3.63. The van der Waals surface area contributed by atoms with Crippen LogP contribution < -0.4 is 0 Å². The van der Waals surface area contributed by atoms with Gasteiger partial charge in [0, 0.05) is 12.1 Å². The summed E-state index contributed by atoms with van der Waals surface area (Å²) in [5.41, 5.74) is -1.12. The Labute approximate surface area is 105 Å². The normalized spacial score (nSPS) is 10.7. The van der Waals surface area contributed by atoms with E-state index in [0.29, 0.717) is 6.07 Å². The summed E-state index contributed by atoms with van der Waals surface area (Å²) in [6, 6.07) is 1.66. The lowest BCUT2D eigenvalue weighted by atomic mass is 10.1. The largest absolute Gasteiger partial charge is 0.476 e. The maximum Gasteiger partial charge on any atom is 0.358 e. The van der Waals surface area contributed by atoms with E-state index < -0.39 is 34.7 Å². The minimum absolute atomic E-state index is 0.202. The fraction of sp³-hybridized carbons (Fsp3) is 0.182. The molecule has 0 bridgehead atoms. The van der Waals surface area contributed by atoms with E-state index in [0.717, 1.165) is 10.7 Å². The SMILES string of the molecule is CCn1nnc(C(=O)O)c1-c1ccc(F)c(F)c1F. The second-order valence-corrected chi connectivity index (χ2v) is 3.63. The number of aromatic nitrogens is 3. The van der Waals surface area contributed by atoms with Gasteiger partial charge in [-0.3, -0.25) is 0 Å². The number of benzene rings is 1. The third-order valence-corrected chi connectivity index (χ3v) is 2.53. The molecule has 0 saturated carbocycles. The molecule has 0 aliphatic rings. The van der Waals surface area contributed by atoms with E-state index >= 15 is 0 Å². The van der Waals surface area contributed by atoms with Crippen LogP contribution in [0.5, 0.6) is 0 Å². The molecule has 5 nitrogen and oxygen atoms in total. The zero-order valence-electron chi connectivity index (χ0n) is 9.69. The topological polar surface area (TPSA) is 68.0 Å². The number of halogens is 3. The van der Waals surface area contributed by atoms with Gasteiger partial charge in [-0.05, 0) is 19.1 Å².